The molecule has 4 heteroatoms. The fraction of sp³-hybridized carbons (Fsp3) is 0.611. The highest BCUT2D eigenvalue weighted by molar-refractivity contribution is 5.45. The minimum atomic E-state index is -0.0893. The molecule has 2 N–H and O–H groups in total. The summed E-state index contributed by atoms with van der Waals surface area (Å²) in [6, 6.07) is 7.85. The van der Waals surface area contributed by atoms with Gasteiger partial charge in [0.15, 0.2) is 0 Å². The van der Waals surface area contributed by atoms with Crippen molar-refractivity contribution in [2.75, 3.05) is 13.7 Å². The number of benzene rings is 1. The SMILES string of the molecule is COc1ccc(CNCCCC2CCCCC2O)cc1C#N. The predicted octanol–water partition coefficient (Wildman–Crippen LogP) is 2.99. The number of hydrogen-bond acceptors (Lipinski definition) is 4. The molecule has 0 radical (unpaired) electrons. The second-order valence-electron chi connectivity index (χ2n) is 6.08. The summed E-state index contributed by atoms with van der Waals surface area (Å²) in [6.45, 7) is 1.70. The maximum atomic E-state index is 9.95. The molecule has 22 heavy (non-hydrogen) atoms. The summed E-state index contributed by atoms with van der Waals surface area (Å²) in [5, 5.41) is 22.4. The van der Waals surface area contributed by atoms with Crippen LogP contribution >= 0.6 is 0 Å². The van der Waals surface area contributed by atoms with Crippen molar-refractivity contribution in [2.45, 2.75) is 51.2 Å². The largest absolute Gasteiger partial charge is 0.495 e. The molecule has 1 saturated carbocycles. The van der Waals surface area contributed by atoms with Gasteiger partial charge in [-0.15, -0.1) is 0 Å². The number of methoxy groups -OCH3 is 1. The van der Waals surface area contributed by atoms with Crippen LogP contribution in [0.2, 0.25) is 0 Å². The Morgan fingerprint density at radius 1 is 1.36 bits per heavy atom. The molecule has 0 heterocycles. The van der Waals surface area contributed by atoms with E-state index in [9.17, 15) is 5.11 Å². The van der Waals surface area contributed by atoms with Crippen LogP contribution in [0.3, 0.4) is 0 Å². The standard InChI is InChI=1S/C18H26N2O2/c1-22-18-9-8-14(11-16(18)12-19)13-20-10-4-6-15-5-2-3-7-17(15)21/h8-9,11,15,17,20-21H,2-7,10,13H2,1H3. The molecular formula is C18H26N2O2. The van der Waals surface area contributed by atoms with Crippen LogP contribution in [0.15, 0.2) is 18.2 Å². The van der Waals surface area contributed by atoms with Crippen LogP contribution in [0.4, 0.5) is 0 Å². The second kappa shape index (κ2) is 8.77. The Labute approximate surface area is 133 Å². The molecule has 2 rings (SSSR count). The number of rotatable bonds is 7. The first kappa shape index (κ1) is 16.8. The van der Waals surface area contributed by atoms with Gasteiger partial charge in [0, 0.05) is 6.54 Å². The molecule has 1 aromatic rings. The van der Waals surface area contributed by atoms with Crippen molar-refractivity contribution in [3.8, 4) is 11.8 Å². The Morgan fingerprint density at radius 3 is 2.91 bits per heavy atom. The summed E-state index contributed by atoms with van der Waals surface area (Å²) in [4.78, 5) is 0. The van der Waals surface area contributed by atoms with Gasteiger partial charge in [0.2, 0.25) is 0 Å². The molecule has 2 unspecified atom stereocenters. The fourth-order valence-electron chi connectivity index (χ4n) is 3.20. The summed E-state index contributed by atoms with van der Waals surface area (Å²) >= 11 is 0. The highest BCUT2D eigenvalue weighted by Crippen LogP contribution is 2.27. The van der Waals surface area contributed by atoms with Gasteiger partial charge in [0.1, 0.15) is 11.8 Å². The van der Waals surface area contributed by atoms with Gasteiger partial charge in [0.05, 0.1) is 18.8 Å². The molecule has 0 aromatic heterocycles. The van der Waals surface area contributed by atoms with E-state index in [1.165, 1.54) is 19.3 Å². The van der Waals surface area contributed by atoms with Gasteiger partial charge in [0.25, 0.3) is 0 Å². The fourth-order valence-corrected chi connectivity index (χ4v) is 3.20. The Balaban J connectivity index is 1.69. The van der Waals surface area contributed by atoms with Gasteiger partial charge in [-0.3, -0.25) is 0 Å². The minimum absolute atomic E-state index is 0.0893. The van der Waals surface area contributed by atoms with Gasteiger partial charge in [-0.1, -0.05) is 18.9 Å². The zero-order valence-corrected chi connectivity index (χ0v) is 13.3. The van der Waals surface area contributed by atoms with Crippen LogP contribution in [-0.4, -0.2) is 24.9 Å². The van der Waals surface area contributed by atoms with Crippen LogP contribution in [0.5, 0.6) is 5.75 Å². The first-order valence-corrected chi connectivity index (χ1v) is 8.20. The smallest absolute Gasteiger partial charge is 0.136 e. The average Bonchev–Trinajstić information content (AvgIpc) is 2.56. The molecule has 1 aliphatic carbocycles. The summed E-state index contributed by atoms with van der Waals surface area (Å²) in [5.74, 6) is 1.11. The zero-order chi connectivity index (χ0) is 15.8. The topological polar surface area (TPSA) is 65.3 Å². The lowest BCUT2D eigenvalue weighted by atomic mass is 9.83. The summed E-state index contributed by atoms with van der Waals surface area (Å²) in [6.07, 6.45) is 6.68. The number of hydrogen-bond donors (Lipinski definition) is 2. The summed E-state index contributed by atoms with van der Waals surface area (Å²) < 4.78 is 5.14. The molecule has 0 saturated heterocycles. The van der Waals surface area contributed by atoms with E-state index < -0.39 is 0 Å². The summed E-state index contributed by atoms with van der Waals surface area (Å²) in [5.41, 5.74) is 1.67. The van der Waals surface area contributed by atoms with Crippen LogP contribution in [0.1, 0.15) is 49.7 Å². The van der Waals surface area contributed by atoms with Gasteiger partial charge in [-0.05, 0) is 55.8 Å². The van der Waals surface area contributed by atoms with E-state index >= 15 is 0 Å². The van der Waals surface area contributed by atoms with Gasteiger partial charge in [-0.25, -0.2) is 0 Å². The van der Waals surface area contributed by atoms with Gasteiger partial charge < -0.3 is 15.2 Å². The monoisotopic (exact) mass is 302 g/mol. The number of nitriles is 1. The van der Waals surface area contributed by atoms with E-state index in [0.717, 1.165) is 37.9 Å². The highest BCUT2D eigenvalue weighted by atomic mass is 16.5. The number of nitrogens with zero attached hydrogens (tertiary/aromatic N) is 1. The van der Waals surface area contributed by atoms with E-state index in [-0.39, 0.29) is 6.10 Å². The number of aliphatic hydroxyl groups is 1. The Kier molecular flexibility index (Phi) is 6.70. The van der Waals surface area contributed by atoms with E-state index in [4.69, 9.17) is 10.00 Å². The lowest BCUT2D eigenvalue weighted by Crippen LogP contribution is -2.25. The van der Waals surface area contributed by atoms with E-state index in [1.807, 2.05) is 18.2 Å². The molecule has 2 atom stereocenters. The molecule has 0 amide bonds. The first-order valence-electron chi connectivity index (χ1n) is 8.20. The Bertz CT molecular complexity index is 510. The minimum Gasteiger partial charge on any atom is -0.495 e. The lowest BCUT2D eigenvalue weighted by Gasteiger charge is -2.27. The number of aliphatic hydroxyl groups excluding tert-OH is 1. The molecule has 4 nitrogen and oxygen atoms in total. The zero-order valence-electron chi connectivity index (χ0n) is 13.3. The Morgan fingerprint density at radius 2 is 2.18 bits per heavy atom. The second-order valence-corrected chi connectivity index (χ2v) is 6.08. The van der Waals surface area contributed by atoms with Crippen molar-refractivity contribution in [1.29, 1.82) is 5.26 Å². The third kappa shape index (κ3) is 4.72. The normalized spacial score (nSPS) is 21.3. The third-order valence-corrected chi connectivity index (χ3v) is 4.51. The quantitative estimate of drug-likeness (QED) is 0.760. The van der Waals surface area contributed by atoms with Crippen molar-refractivity contribution in [1.82, 2.24) is 5.32 Å². The number of ether oxygens (including phenoxy) is 1. The summed E-state index contributed by atoms with van der Waals surface area (Å²) in [7, 11) is 1.58. The van der Waals surface area contributed by atoms with Crippen molar-refractivity contribution in [2.24, 2.45) is 5.92 Å². The maximum Gasteiger partial charge on any atom is 0.136 e. The average molecular weight is 302 g/mol. The van der Waals surface area contributed by atoms with E-state index in [0.29, 0.717) is 17.2 Å². The molecule has 1 fully saturated rings. The molecule has 1 aliphatic rings. The number of nitrogens with one attached hydrogen (secondary N) is 1. The molecule has 0 bridgehead atoms. The van der Waals surface area contributed by atoms with Gasteiger partial charge >= 0.3 is 0 Å². The van der Waals surface area contributed by atoms with Crippen LogP contribution in [-0.2, 0) is 6.54 Å². The molecule has 1 aromatic carbocycles. The van der Waals surface area contributed by atoms with Crippen LogP contribution < -0.4 is 10.1 Å². The van der Waals surface area contributed by atoms with E-state index in [2.05, 4.69) is 11.4 Å². The van der Waals surface area contributed by atoms with Crippen molar-refractivity contribution in [3.05, 3.63) is 29.3 Å². The van der Waals surface area contributed by atoms with Crippen LogP contribution in [0, 0.1) is 17.2 Å². The van der Waals surface area contributed by atoms with E-state index in [1.54, 1.807) is 7.11 Å². The predicted molar refractivity (Wildman–Crippen MR) is 86.6 cm³/mol. The molecular weight excluding hydrogens is 276 g/mol. The third-order valence-electron chi connectivity index (χ3n) is 4.51. The Hall–Kier alpha value is -1.57. The van der Waals surface area contributed by atoms with Gasteiger partial charge in [-0.2, -0.15) is 5.26 Å². The van der Waals surface area contributed by atoms with Crippen molar-refractivity contribution < 1.29 is 9.84 Å². The highest BCUT2D eigenvalue weighted by Gasteiger charge is 2.21. The van der Waals surface area contributed by atoms with Crippen LogP contribution in [0.25, 0.3) is 0 Å². The molecule has 0 aliphatic heterocycles. The molecule has 120 valence electrons. The van der Waals surface area contributed by atoms with Crippen molar-refractivity contribution >= 4 is 0 Å². The first-order chi connectivity index (χ1) is 10.7. The lowest BCUT2D eigenvalue weighted by molar-refractivity contribution is 0.0643. The molecule has 0 spiro atoms. The van der Waals surface area contributed by atoms with Crippen molar-refractivity contribution in [3.63, 3.8) is 0 Å². The maximum absolute atomic E-state index is 9.95.